The molecule has 116 valence electrons. The van der Waals surface area contributed by atoms with Crippen LogP contribution in [0.3, 0.4) is 0 Å². The fraction of sp³-hybridized carbons (Fsp3) is 0.316. The van der Waals surface area contributed by atoms with E-state index in [1.807, 2.05) is 0 Å². The molecule has 2 nitrogen and oxygen atoms in total. The number of amidine groups is 1. The summed E-state index contributed by atoms with van der Waals surface area (Å²) in [5.41, 5.74) is 12.0. The Hall–Kier alpha value is -1.74. The van der Waals surface area contributed by atoms with E-state index >= 15 is 0 Å². The zero-order valence-corrected chi connectivity index (χ0v) is 14.6. The van der Waals surface area contributed by atoms with Gasteiger partial charge in [0.15, 0.2) is 5.17 Å². The largest absolute Gasteiger partial charge is 0.378 e. The van der Waals surface area contributed by atoms with Crippen molar-refractivity contribution in [1.82, 2.24) is 0 Å². The Morgan fingerprint density at radius 2 is 1.64 bits per heavy atom. The highest BCUT2D eigenvalue weighted by atomic mass is 32.2. The number of nitrogens with two attached hydrogens (primary N) is 1. The molecule has 0 aliphatic carbocycles. The zero-order chi connectivity index (χ0) is 16.1. The molecule has 2 aromatic carbocycles. The lowest BCUT2D eigenvalue weighted by atomic mass is 10.0. The van der Waals surface area contributed by atoms with E-state index in [0.717, 1.165) is 11.4 Å². The van der Waals surface area contributed by atoms with Crippen LogP contribution in [-0.2, 0) is 5.75 Å². The van der Waals surface area contributed by atoms with E-state index in [0.29, 0.717) is 11.1 Å². The molecular formula is C19H24N2S. The molecule has 0 unspecified atom stereocenters. The highest BCUT2D eigenvalue weighted by Gasteiger charge is 2.01. The Morgan fingerprint density at radius 3 is 2.18 bits per heavy atom. The van der Waals surface area contributed by atoms with Gasteiger partial charge in [-0.1, -0.05) is 55.9 Å². The normalized spacial score (nSPS) is 12.0. The highest BCUT2D eigenvalue weighted by Crippen LogP contribution is 2.21. The van der Waals surface area contributed by atoms with Crippen molar-refractivity contribution < 1.29 is 0 Å². The summed E-state index contributed by atoms with van der Waals surface area (Å²) >= 11 is 1.58. The van der Waals surface area contributed by atoms with Crippen LogP contribution in [0.1, 0.15) is 42.0 Å². The topological polar surface area (TPSA) is 38.4 Å². The summed E-state index contributed by atoms with van der Waals surface area (Å²) < 4.78 is 0. The van der Waals surface area contributed by atoms with Gasteiger partial charge in [-0.15, -0.1) is 0 Å². The second kappa shape index (κ2) is 7.50. The van der Waals surface area contributed by atoms with Crippen molar-refractivity contribution >= 4 is 22.6 Å². The van der Waals surface area contributed by atoms with E-state index in [1.54, 1.807) is 11.8 Å². The lowest BCUT2D eigenvalue weighted by Crippen LogP contribution is -2.06. The summed E-state index contributed by atoms with van der Waals surface area (Å²) in [6.07, 6.45) is 0. The maximum atomic E-state index is 6.04. The lowest BCUT2D eigenvalue weighted by Gasteiger charge is -2.07. The van der Waals surface area contributed by atoms with Crippen molar-refractivity contribution in [3.8, 4) is 0 Å². The first-order chi connectivity index (χ1) is 10.4. The van der Waals surface area contributed by atoms with Crippen molar-refractivity contribution in [2.75, 3.05) is 0 Å². The molecule has 0 spiro atoms. The number of hydrogen-bond donors (Lipinski definition) is 1. The van der Waals surface area contributed by atoms with Crippen LogP contribution < -0.4 is 5.73 Å². The molecule has 0 aromatic heterocycles. The molecule has 2 aromatic rings. The number of rotatable bonds is 4. The molecule has 2 rings (SSSR count). The third-order valence-corrected chi connectivity index (χ3v) is 4.34. The molecule has 0 atom stereocenters. The highest BCUT2D eigenvalue weighted by molar-refractivity contribution is 8.13. The third kappa shape index (κ3) is 4.92. The van der Waals surface area contributed by atoms with E-state index in [2.05, 4.69) is 75.2 Å². The van der Waals surface area contributed by atoms with Crippen molar-refractivity contribution in [3.05, 3.63) is 64.7 Å². The van der Waals surface area contributed by atoms with E-state index in [4.69, 9.17) is 5.73 Å². The summed E-state index contributed by atoms with van der Waals surface area (Å²) in [5.74, 6) is 1.41. The number of aryl methyl sites for hydroxylation is 2. The van der Waals surface area contributed by atoms with E-state index < -0.39 is 0 Å². The van der Waals surface area contributed by atoms with Crippen LogP contribution in [0.15, 0.2) is 47.5 Å². The minimum absolute atomic E-state index is 0.567. The Morgan fingerprint density at radius 1 is 1.05 bits per heavy atom. The van der Waals surface area contributed by atoms with Gasteiger partial charge in [0.1, 0.15) is 0 Å². The molecule has 0 radical (unpaired) electrons. The SMILES string of the molecule is Cc1cc(C)cc(N=C(N)SCc2ccc(C(C)C)cc2)c1. The predicted molar refractivity (Wildman–Crippen MR) is 99.0 cm³/mol. The number of hydrogen-bond acceptors (Lipinski definition) is 2. The molecule has 0 heterocycles. The summed E-state index contributed by atoms with van der Waals surface area (Å²) in [4.78, 5) is 4.50. The standard InChI is InChI=1S/C19H24N2S/c1-13(2)17-7-5-16(6-8-17)12-22-19(20)21-18-10-14(3)9-15(4)11-18/h5-11,13H,12H2,1-4H3,(H2,20,21). The van der Waals surface area contributed by atoms with Crippen LogP contribution in [0.25, 0.3) is 0 Å². The number of thioether (sulfide) groups is 1. The van der Waals surface area contributed by atoms with Crippen LogP contribution >= 0.6 is 11.8 Å². The van der Waals surface area contributed by atoms with Crippen molar-refractivity contribution in [2.24, 2.45) is 10.7 Å². The van der Waals surface area contributed by atoms with Crippen LogP contribution in [0, 0.1) is 13.8 Å². The van der Waals surface area contributed by atoms with Crippen molar-refractivity contribution in [3.63, 3.8) is 0 Å². The van der Waals surface area contributed by atoms with Gasteiger partial charge in [-0.25, -0.2) is 4.99 Å². The van der Waals surface area contributed by atoms with Gasteiger partial charge in [0.05, 0.1) is 5.69 Å². The molecule has 0 saturated heterocycles. The smallest absolute Gasteiger partial charge is 0.159 e. The first-order valence-corrected chi connectivity index (χ1v) is 8.56. The van der Waals surface area contributed by atoms with Crippen LogP contribution in [0.5, 0.6) is 0 Å². The van der Waals surface area contributed by atoms with Gasteiger partial charge < -0.3 is 5.73 Å². The van der Waals surface area contributed by atoms with Gasteiger partial charge in [0, 0.05) is 5.75 Å². The van der Waals surface area contributed by atoms with Gasteiger partial charge in [-0.2, -0.15) is 0 Å². The fourth-order valence-electron chi connectivity index (χ4n) is 2.33. The summed E-state index contributed by atoms with van der Waals surface area (Å²) in [6.45, 7) is 8.56. The number of aliphatic imine (C=N–C) groups is 1. The average Bonchev–Trinajstić information content (AvgIpc) is 2.44. The lowest BCUT2D eigenvalue weighted by molar-refractivity contribution is 0.866. The molecule has 22 heavy (non-hydrogen) atoms. The molecule has 0 saturated carbocycles. The molecule has 0 amide bonds. The Kier molecular flexibility index (Phi) is 5.67. The minimum Gasteiger partial charge on any atom is -0.378 e. The third-order valence-electron chi connectivity index (χ3n) is 3.48. The van der Waals surface area contributed by atoms with Crippen molar-refractivity contribution in [2.45, 2.75) is 39.4 Å². The Balaban J connectivity index is 1.99. The van der Waals surface area contributed by atoms with E-state index in [1.165, 1.54) is 22.3 Å². The molecular weight excluding hydrogens is 288 g/mol. The maximum Gasteiger partial charge on any atom is 0.159 e. The molecule has 0 aliphatic rings. The van der Waals surface area contributed by atoms with Gasteiger partial charge in [-0.05, 0) is 54.2 Å². The van der Waals surface area contributed by atoms with Gasteiger partial charge in [-0.3, -0.25) is 0 Å². The molecule has 0 bridgehead atoms. The van der Waals surface area contributed by atoms with Crippen LogP contribution in [0.4, 0.5) is 5.69 Å². The average molecular weight is 312 g/mol. The van der Waals surface area contributed by atoms with Crippen molar-refractivity contribution in [1.29, 1.82) is 0 Å². The summed E-state index contributed by atoms with van der Waals surface area (Å²) in [7, 11) is 0. The van der Waals surface area contributed by atoms with Crippen LogP contribution in [-0.4, -0.2) is 5.17 Å². The van der Waals surface area contributed by atoms with Crippen LogP contribution in [0.2, 0.25) is 0 Å². The predicted octanol–water partition coefficient (Wildman–Crippen LogP) is 5.31. The molecule has 3 heteroatoms. The van der Waals surface area contributed by atoms with Gasteiger partial charge in [0.25, 0.3) is 0 Å². The number of nitrogens with zero attached hydrogens (tertiary/aromatic N) is 1. The first-order valence-electron chi connectivity index (χ1n) is 7.58. The van der Waals surface area contributed by atoms with Gasteiger partial charge in [0.2, 0.25) is 0 Å². The van der Waals surface area contributed by atoms with Gasteiger partial charge >= 0.3 is 0 Å². The molecule has 0 aliphatic heterocycles. The minimum atomic E-state index is 0.567. The molecule has 2 N–H and O–H groups in total. The number of benzene rings is 2. The Labute approximate surface area is 137 Å². The second-order valence-electron chi connectivity index (χ2n) is 5.98. The summed E-state index contributed by atoms with van der Waals surface area (Å²) in [5, 5.41) is 0.609. The quantitative estimate of drug-likeness (QED) is 0.614. The summed E-state index contributed by atoms with van der Waals surface area (Å²) in [6, 6.07) is 15.0. The van der Waals surface area contributed by atoms with E-state index in [-0.39, 0.29) is 0 Å². The Bertz CT molecular complexity index is 637. The maximum absolute atomic E-state index is 6.04. The second-order valence-corrected chi connectivity index (χ2v) is 6.98. The first kappa shape index (κ1) is 16.6. The monoisotopic (exact) mass is 312 g/mol. The zero-order valence-electron chi connectivity index (χ0n) is 13.8. The molecule has 0 fully saturated rings. The fourth-order valence-corrected chi connectivity index (χ4v) is 3.01. The van der Waals surface area contributed by atoms with E-state index in [9.17, 15) is 0 Å².